The molecule has 0 amide bonds. The summed E-state index contributed by atoms with van der Waals surface area (Å²) in [4.78, 5) is 21.2. The summed E-state index contributed by atoms with van der Waals surface area (Å²) in [6.45, 7) is 5.24. The Morgan fingerprint density at radius 2 is 1.96 bits per heavy atom. The molecular formula is C19H22N4OS. The molecule has 1 fully saturated rings. The van der Waals surface area contributed by atoms with E-state index in [4.69, 9.17) is 0 Å². The molecule has 0 bridgehead atoms. The Bertz CT molecular complexity index is 910. The van der Waals surface area contributed by atoms with Crippen LogP contribution < -0.4 is 9.77 Å². The van der Waals surface area contributed by atoms with Crippen LogP contribution in [0.2, 0.25) is 0 Å². The topological polar surface area (TPSA) is 41.4 Å². The van der Waals surface area contributed by atoms with Gasteiger partial charge in [-0.15, -0.1) is 0 Å². The maximum atomic E-state index is 11.8. The Morgan fingerprint density at radius 3 is 2.72 bits per heavy atom. The smallest absolute Gasteiger partial charge is 0.307 e. The number of hydrogen-bond donors (Lipinski definition) is 0. The van der Waals surface area contributed by atoms with Gasteiger partial charge in [0.2, 0.25) is 0 Å². The number of pyridine rings is 1. The standard InChI is InChI=1S/C19H22N4OS/c1-21-16-6-5-15(14-17(16)25-19(21)24)7-9-22-10-12-23(13-11-22)18-4-2-3-8-20-18/h2-6,8,14H,7,9-13H2,1H3. The predicted octanol–water partition coefficient (Wildman–Crippen LogP) is 2.36. The zero-order chi connectivity index (χ0) is 17.2. The van der Waals surface area contributed by atoms with E-state index in [0.717, 1.165) is 55.2 Å². The second-order valence-electron chi connectivity index (χ2n) is 6.50. The largest absolute Gasteiger partial charge is 0.354 e. The van der Waals surface area contributed by atoms with Crippen molar-refractivity contribution in [3.8, 4) is 0 Å². The van der Waals surface area contributed by atoms with Crippen molar-refractivity contribution < 1.29 is 0 Å². The summed E-state index contributed by atoms with van der Waals surface area (Å²) in [5, 5.41) is 0. The van der Waals surface area contributed by atoms with E-state index in [2.05, 4.69) is 39.0 Å². The van der Waals surface area contributed by atoms with Crippen molar-refractivity contribution in [2.75, 3.05) is 37.6 Å². The highest BCUT2D eigenvalue weighted by molar-refractivity contribution is 7.16. The fourth-order valence-corrected chi connectivity index (χ4v) is 4.31. The third-order valence-electron chi connectivity index (χ3n) is 4.92. The van der Waals surface area contributed by atoms with Gasteiger partial charge in [-0.3, -0.25) is 9.69 Å². The molecule has 130 valence electrons. The molecule has 5 nitrogen and oxygen atoms in total. The molecule has 1 saturated heterocycles. The first-order chi connectivity index (χ1) is 12.2. The molecule has 1 aliphatic heterocycles. The minimum Gasteiger partial charge on any atom is -0.354 e. The molecule has 0 saturated carbocycles. The predicted molar refractivity (Wildman–Crippen MR) is 104 cm³/mol. The number of aromatic nitrogens is 2. The molecule has 3 aromatic rings. The summed E-state index contributed by atoms with van der Waals surface area (Å²) in [5.74, 6) is 1.08. The second-order valence-corrected chi connectivity index (χ2v) is 7.49. The summed E-state index contributed by atoms with van der Waals surface area (Å²) >= 11 is 1.33. The van der Waals surface area contributed by atoms with E-state index >= 15 is 0 Å². The van der Waals surface area contributed by atoms with Gasteiger partial charge in [0.1, 0.15) is 5.82 Å². The van der Waals surface area contributed by atoms with Crippen LogP contribution >= 0.6 is 11.3 Å². The number of aryl methyl sites for hydroxylation is 1. The van der Waals surface area contributed by atoms with Gasteiger partial charge in [0.15, 0.2) is 0 Å². The molecule has 1 aromatic carbocycles. The van der Waals surface area contributed by atoms with Gasteiger partial charge >= 0.3 is 4.87 Å². The Hall–Kier alpha value is -2.18. The molecule has 0 unspecified atom stereocenters. The normalized spacial score (nSPS) is 15.8. The lowest BCUT2D eigenvalue weighted by Crippen LogP contribution is -2.47. The third kappa shape index (κ3) is 3.45. The summed E-state index contributed by atoms with van der Waals surface area (Å²) < 4.78 is 2.81. The molecule has 0 atom stereocenters. The Balaban J connectivity index is 1.34. The first-order valence-electron chi connectivity index (χ1n) is 8.67. The quantitative estimate of drug-likeness (QED) is 0.721. The lowest BCUT2D eigenvalue weighted by Gasteiger charge is -2.35. The van der Waals surface area contributed by atoms with Crippen LogP contribution in [0.1, 0.15) is 5.56 Å². The van der Waals surface area contributed by atoms with Crippen molar-refractivity contribution in [2.24, 2.45) is 7.05 Å². The lowest BCUT2D eigenvalue weighted by atomic mass is 10.1. The first kappa shape index (κ1) is 16.3. The second kappa shape index (κ2) is 6.98. The highest BCUT2D eigenvalue weighted by atomic mass is 32.1. The third-order valence-corrected chi connectivity index (χ3v) is 5.91. The van der Waals surface area contributed by atoms with E-state index in [9.17, 15) is 4.79 Å². The fraction of sp³-hybridized carbons (Fsp3) is 0.368. The van der Waals surface area contributed by atoms with Crippen molar-refractivity contribution in [1.82, 2.24) is 14.5 Å². The van der Waals surface area contributed by atoms with Crippen LogP contribution in [0, 0.1) is 0 Å². The summed E-state index contributed by atoms with van der Waals surface area (Å²) in [7, 11) is 1.84. The van der Waals surface area contributed by atoms with Crippen molar-refractivity contribution in [1.29, 1.82) is 0 Å². The molecule has 0 aliphatic carbocycles. The number of nitrogens with zero attached hydrogens (tertiary/aromatic N) is 4. The highest BCUT2D eigenvalue weighted by Gasteiger charge is 2.17. The molecule has 6 heteroatoms. The zero-order valence-electron chi connectivity index (χ0n) is 14.4. The lowest BCUT2D eigenvalue weighted by molar-refractivity contribution is 0.260. The van der Waals surface area contributed by atoms with Gasteiger partial charge in [0.05, 0.1) is 10.2 Å². The Morgan fingerprint density at radius 1 is 1.12 bits per heavy atom. The summed E-state index contributed by atoms with van der Waals surface area (Å²) in [6, 6.07) is 12.5. The van der Waals surface area contributed by atoms with Crippen LogP contribution in [0.4, 0.5) is 5.82 Å². The number of anilines is 1. The van der Waals surface area contributed by atoms with Gasteiger partial charge in [-0.1, -0.05) is 23.5 Å². The van der Waals surface area contributed by atoms with Gasteiger partial charge in [-0.2, -0.15) is 0 Å². The average molecular weight is 354 g/mol. The van der Waals surface area contributed by atoms with E-state index in [0.29, 0.717) is 0 Å². The number of thiazole rings is 1. The summed E-state index contributed by atoms with van der Waals surface area (Å²) in [6.07, 6.45) is 2.88. The van der Waals surface area contributed by atoms with Crippen LogP contribution in [0.3, 0.4) is 0 Å². The first-order valence-corrected chi connectivity index (χ1v) is 9.49. The van der Waals surface area contributed by atoms with Crippen LogP contribution in [0.5, 0.6) is 0 Å². The molecule has 2 aromatic heterocycles. The summed E-state index contributed by atoms with van der Waals surface area (Å²) in [5.41, 5.74) is 2.34. The maximum Gasteiger partial charge on any atom is 0.307 e. The van der Waals surface area contributed by atoms with Crippen LogP contribution in [-0.2, 0) is 13.5 Å². The number of piperazine rings is 1. The van der Waals surface area contributed by atoms with Crippen molar-refractivity contribution in [3.05, 3.63) is 57.8 Å². The van der Waals surface area contributed by atoms with Gasteiger partial charge < -0.3 is 9.47 Å². The van der Waals surface area contributed by atoms with Gasteiger partial charge in [0.25, 0.3) is 0 Å². The molecule has 0 spiro atoms. The number of fused-ring (bicyclic) bond motifs is 1. The Labute approximate surface area is 151 Å². The molecule has 4 rings (SSSR count). The SMILES string of the molecule is Cn1c(=O)sc2cc(CCN3CCN(c4ccccn4)CC3)ccc21. The molecule has 3 heterocycles. The van der Waals surface area contributed by atoms with Crippen LogP contribution in [0.15, 0.2) is 47.4 Å². The van der Waals surface area contributed by atoms with Crippen LogP contribution in [-0.4, -0.2) is 47.2 Å². The van der Waals surface area contributed by atoms with Crippen molar-refractivity contribution >= 4 is 27.4 Å². The van der Waals surface area contributed by atoms with Crippen molar-refractivity contribution in [2.45, 2.75) is 6.42 Å². The molecule has 1 aliphatic rings. The van der Waals surface area contributed by atoms with Gasteiger partial charge in [0, 0.05) is 46.0 Å². The minimum atomic E-state index is 0.109. The van der Waals surface area contributed by atoms with E-state index < -0.39 is 0 Å². The van der Waals surface area contributed by atoms with Crippen molar-refractivity contribution in [3.63, 3.8) is 0 Å². The molecule has 0 N–H and O–H groups in total. The maximum absolute atomic E-state index is 11.8. The molecule has 0 radical (unpaired) electrons. The number of benzene rings is 1. The van der Waals surface area contributed by atoms with E-state index in [-0.39, 0.29) is 4.87 Å². The molecule has 25 heavy (non-hydrogen) atoms. The zero-order valence-corrected chi connectivity index (χ0v) is 15.2. The van der Waals surface area contributed by atoms with Gasteiger partial charge in [-0.25, -0.2) is 4.98 Å². The van der Waals surface area contributed by atoms with Crippen LogP contribution in [0.25, 0.3) is 10.2 Å². The monoisotopic (exact) mass is 354 g/mol. The van der Waals surface area contributed by atoms with E-state index in [1.807, 2.05) is 25.4 Å². The highest BCUT2D eigenvalue weighted by Crippen LogP contribution is 2.19. The number of hydrogen-bond acceptors (Lipinski definition) is 5. The van der Waals surface area contributed by atoms with E-state index in [1.54, 1.807) is 4.57 Å². The van der Waals surface area contributed by atoms with Gasteiger partial charge in [-0.05, 0) is 36.2 Å². The Kier molecular flexibility index (Phi) is 4.55. The average Bonchev–Trinajstić information content (AvgIpc) is 2.95. The van der Waals surface area contributed by atoms with E-state index in [1.165, 1.54) is 16.9 Å². The number of rotatable bonds is 4. The minimum absolute atomic E-state index is 0.109. The fourth-order valence-electron chi connectivity index (χ4n) is 3.36. The molecular weight excluding hydrogens is 332 g/mol.